The number of aromatic amines is 1. The lowest BCUT2D eigenvalue weighted by molar-refractivity contribution is -0.136. The number of methoxy groups -OCH3 is 1. The lowest BCUT2D eigenvalue weighted by Gasteiger charge is -2.13. The maximum Gasteiger partial charge on any atom is 0.418 e. The Bertz CT molecular complexity index is 956. The van der Waals surface area contributed by atoms with Crippen LogP contribution in [0.1, 0.15) is 22.4 Å². The predicted molar refractivity (Wildman–Crippen MR) is 91.5 cm³/mol. The summed E-state index contributed by atoms with van der Waals surface area (Å²) in [5.74, 6) is 0.667. The van der Waals surface area contributed by atoms with Crippen molar-refractivity contribution >= 4 is 22.2 Å². The summed E-state index contributed by atoms with van der Waals surface area (Å²) in [4.78, 5) is 10.9. The van der Waals surface area contributed by atoms with E-state index in [0.29, 0.717) is 11.4 Å². The number of nitrogens with zero attached hydrogens (tertiary/aromatic N) is 2. The van der Waals surface area contributed by atoms with Crippen LogP contribution >= 0.6 is 0 Å². The summed E-state index contributed by atoms with van der Waals surface area (Å²) in [7, 11) is 1.54. The quantitative estimate of drug-likeness (QED) is 0.693. The third kappa shape index (κ3) is 3.36. The van der Waals surface area contributed by atoms with Gasteiger partial charge in [-0.15, -0.1) is 0 Å². The molecule has 0 aliphatic heterocycles. The zero-order valence-corrected chi connectivity index (χ0v) is 15.1. The fourth-order valence-corrected chi connectivity index (χ4v) is 3.85. The van der Waals surface area contributed by atoms with Crippen molar-refractivity contribution in [2.24, 2.45) is 0 Å². The van der Waals surface area contributed by atoms with Gasteiger partial charge in [-0.1, -0.05) is 6.07 Å². The van der Waals surface area contributed by atoms with Gasteiger partial charge in [-0.2, -0.15) is 18.2 Å². The highest BCUT2D eigenvalue weighted by molar-refractivity contribution is 7.90. The van der Waals surface area contributed by atoms with Crippen molar-refractivity contribution in [2.75, 3.05) is 7.11 Å². The molecule has 2 heterocycles. The van der Waals surface area contributed by atoms with Crippen molar-refractivity contribution in [3.8, 4) is 5.75 Å². The predicted octanol–water partition coefficient (Wildman–Crippen LogP) is 3.91. The number of aryl methyl sites for hydroxylation is 1. The monoisotopic (exact) mass is 383 g/mol. The van der Waals surface area contributed by atoms with Gasteiger partial charge < -0.3 is 9.29 Å². The van der Waals surface area contributed by atoms with Crippen molar-refractivity contribution in [1.82, 2.24) is 15.0 Å². The third-order valence-electron chi connectivity index (χ3n) is 4.03. The van der Waals surface area contributed by atoms with Crippen LogP contribution in [0.3, 0.4) is 0 Å². The van der Waals surface area contributed by atoms with Crippen molar-refractivity contribution in [1.29, 1.82) is 0 Å². The summed E-state index contributed by atoms with van der Waals surface area (Å²) >= 11 is -1.68. The molecule has 0 saturated heterocycles. The van der Waals surface area contributed by atoms with E-state index in [2.05, 4.69) is 15.0 Å². The number of imidazole rings is 1. The van der Waals surface area contributed by atoms with Crippen LogP contribution in [0.25, 0.3) is 11.0 Å². The molecular weight excluding hydrogens is 367 g/mol. The zero-order valence-electron chi connectivity index (χ0n) is 14.3. The molecule has 1 unspecified atom stereocenters. The average molecular weight is 383 g/mol. The van der Waals surface area contributed by atoms with E-state index in [1.54, 1.807) is 13.1 Å². The highest BCUT2D eigenvalue weighted by Crippen LogP contribution is 2.34. The highest BCUT2D eigenvalue weighted by Gasteiger charge is 2.34. The lowest BCUT2D eigenvalue weighted by atomic mass is 10.1. The van der Waals surface area contributed by atoms with Crippen LogP contribution in [0.5, 0.6) is 5.75 Å². The topological polar surface area (TPSA) is 73.9 Å². The molecule has 0 aliphatic rings. The molecule has 3 rings (SSSR count). The summed E-state index contributed by atoms with van der Waals surface area (Å²) in [6.45, 7) is 3.64. The molecule has 9 heteroatoms. The van der Waals surface area contributed by atoms with Crippen LogP contribution in [-0.4, -0.2) is 26.6 Å². The zero-order chi connectivity index (χ0) is 19.1. The maximum atomic E-state index is 13.1. The Hall–Kier alpha value is -2.26. The summed E-state index contributed by atoms with van der Waals surface area (Å²) in [6, 6.07) is 3.70. The first-order chi connectivity index (χ1) is 12.2. The third-order valence-corrected chi connectivity index (χ3v) is 5.19. The van der Waals surface area contributed by atoms with Gasteiger partial charge in [0.25, 0.3) is 0 Å². The molecule has 1 N–H and O–H groups in total. The Balaban J connectivity index is 1.95. The number of nitrogens with one attached hydrogen (secondary N) is 1. The van der Waals surface area contributed by atoms with Crippen molar-refractivity contribution in [3.05, 3.63) is 46.8 Å². The van der Waals surface area contributed by atoms with E-state index < -0.39 is 22.9 Å². The minimum Gasteiger partial charge on any atom is -0.609 e. The lowest BCUT2D eigenvalue weighted by Crippen LogP contribution is -2.11. The van der Waals surface area contributed by atoms with Gasteiger partial charge in [0.05, 0.1) is 23.9 Å². The number of hydrogen-bond donors (Lipinski definition) is 1. The summed E-state index contributed by atoms with van der Waals surface area (Å²) in [5, 5.41) is -0.0163. The van der Waals surface area contributed by atoms with E-state index in [1.165, 1.54) is 19.2 Å². The second-order valence-electron chi connectivity index (χ2n) is 5.78. The van der Waals surface area contributed by atoms with E-state index in [4.69, 9.17) is 4.74 Å². The van der Waals surface area contributed by atoms with Crippen LogP contribution in [-0.2, 0) is 23.1 Å². The summed E-state index contributed by atoms with van der Waals surface area (Å²) in [5.41, 5.74) is 1.22. The first-order valence-corrected chi connectivity index (χ1v) is 8.97. The van der Waals surface area contributed by atoms with Crippen molar-refractivity contribution in [3.63, 3.8) is 0 Å². The van der Waals surface area contributed by atoms with Gasteiger partial charge in [-0.25, -0.2) is 0 Å². The molecule has 0 radical (unpaired) electrons. The van der Waals surface area contributed by atoms with Gasteiger partial charge >= 0.3 is 11.3 Å². The number of para-hydroxylation sites is 1. The Morgan fingerprint density at radius 2 is 2.00 bits per heavy atom. The van der Waals surface area contributed by atoms with Gasteiger partial charge in [0.1, 0.15) is 11.3 Å². The molecule has 0 amide bonds. The number of pyridine rings is 1. The van der Waals surface area contributed by atoms with E-state index in [0.717, 1.165) is 17.2 Å². The minimum absolute atomic E-state index is 0.0163. The number of benzene rings is 1. The van der Waals surface area contributed by atoms with Gasteiger partial charge in [-0.3, -0.25) is 9.97 Å². The average Bonchev–Trinajstić information content (AvgIpc) is 3.01. The molecule has 0 aliphatic carbocycles. The van der Waals surface area contributed by atoms with E-state index >= 15 is 0 Å². The minimum atomic E-state index is -4.53. The van der Waals surface area contributed by atoms with Crippen molar-refractivity contribution in [2.45, 2.75) is 30.9 Å². The van der Waals surface area contributed by atoms with Crippen LogP contribution in [0, 0.1) is 13.8 Å². The van der Waals surface area contributed by atoms with E-state index in [1.807, 2.05) is 6.92 Å². The van der Waals surface area contributed by atoms with Gasteiger partial charge in [0.15, 0.2) is 5.75 Å². The second kappa shape index (κ2) is 6.81. The van der Waals surface area contributed by atoms with Crippen LogP contribution in [0.2, 0.25) is 0 Å². The highest BCUT2D eigenvalue weighted by atomic mass is 32.2. The number of fused-ring (bicyclic) bond motifs is 1. The Kier molecular flexibility index (Phi) is 4.85. The second-order valence-corrected chi connectivity index (χ2v) is 7.14. The molecule has 3 aromatic rings. The van der Waals surface area contributed by atoms with Gasteiger partial charge in [0, 0.05) is 28.5 Å². The van der Waals surface area contributed by atoms with Crippen LogP contribution in [0.15, 0.2) is 29.6 Å². The molecule has 0 saturated carbocycles. The molecule has 26 heavy (non-hydrogen) atoms. The van der Waals surface area contributed by atoms with Crippen LogP contribution in [0.4, 0.5) is 13.2 Å². The van der Waals surface area contributed by atoms with Gasteiger partial charge in [0.2, 0.25) is 0 Å². The smallest absolute Gasteiger partial charge is 0.418 e. The molecule has 1 atom stereocenters. The van der Waals surface area contributed by atoms with Crippen LogP contribution < -0.4 is 4.74 Å². The molecular formula is C17H16F3N3O2S. The summed E-state index contributed by atoms with van der Waals surface area (Å²) in [6.07, 6.45) is -2.92. The standard InChI is InChI=1S/C17H16F3N3O2S/c1-9-7-21-13(10(2)15(9)25-3)8-26(24)16-22-12-6-4-5-11(14(12)23-16)17(18,19)20/h4-7H,8H2,1-3H3,(H,22,23). The Morgan fingerprint density at radius 3 is 2.65 bits per heavy atom. The summed E-state index contributed by atoms with van der Waals surface area (Å²) < 4.78 is 57.2. The number of alkyl halides is 3. The molecule has 0 fully saturated rings. The van der Waals surface area contributed by atoms with Gasteiger partial charge in [-0.05, 0) is 26.0 Å². The number of H-pyrrole nitrogens is 1. The number of aromatic nitrogens is 3. The molecule has 2 aromatic heterocycles. The number of ether oxygens (including phenoxy) is 1. The largest absolute Gasteiger partial charge is 0.609 e. The SMILES string of the molecule is COc1c(C)cnc(C[S+]([O-])c2nc3c(C(F)(F)F)cccc3[nH]2)c1C. The Labute approximate surface area is 150 Å². The number of halogens is 3. The fraction of sp³-hybridized carbons (Fsp3) is 0.294. The first-order valence-electron chi connectivity index (χ1n) is 7.65. The molecule has 0 spiro atoms. The molecule has 0 bridgehead atoms. The van der Waals surface area contributed by atoms with Crippen molar-refractivity contribution < 1.29 is 22.5 Å². The molecule has 138 valence electrons. The Morgan fingerprint density at radius 1 is 1.27 bits per heavy atom. The first kappa shape index (κ1) is 18.5. The maximum absolute atomic E-state index is 13.1. The number of rotatable bonds is 4. The molecule has 1 aromatic carbocycles. The van der Waals surface area contributed by atoms with E-state index in [9.17, 15) is 17.7 Å². The normalized spacial score (nSPS) is 13.2. The molecule has 5 nitrogen and oxygen atoms in total. The number of hydrogen-bond acceptors (Lipinski definition) is 4. The fourth-order valence-electron chi connectivity index (χ4n) is 2.76. The van der Waals surface area contributed by atoms with E-state index in [-0.39, 0.29) is 21.9 Å².